The maximum Gasteiger partial charge on any atom is 0.550 e. The van der Waals surface area contributed by atoms with Crippen molar-refractivity contribution in [1.29, 1.82) is 0 Å². The van der Waals surface area contributed by atoms with Crippen molar-refractivity contribution in [3.05, 3.63) is 29.8 Å². The fourth-order valence-electron chi connectivity index (χ4n) is 0.862. The molecule has 0 N–H and O–H groups in total. The van der Waals surface area contributed by atoms with Crippen LogP contribution in [0.1, 0.15) is 5.56 Å². The van der Waals surface area contributed by atoms with Crippen LogP contribution in [0, 0.1) is 6.92 Å². The highest BCUT2D eigenvalue weighted by atomic mass is 17.3. The second kappa shape index (κ2) is 2.11. The molecule has 0 bridgehead atoms. The topological polar surface area (TPSA) is 25.1 Å². The van der Waals surface area contributed by atoms with Crippen LogP contribution in [-0.4, -0.2) is 7.12 Å². The smallest absolute Gasteiger partial charge is 0.267 e. The van der Waals surface area contributed by atoms with E-state index in [0.717, 1.165) is 5.46 Å². The molecule has 0 amide bonds. The van der Waals surface area contributed by atoms with Gasteiger partial charge in [-0.1, -0.05) is 29.8 Å². The first-order valence-corrected chi connectivity index (χ1v) is 3.25. The number of hydrogen-bond donors (Lipinski definition) is 0. The van der Waals surface area contributed by atoms with E-state index in [2.05, 4.69) is 16.5 Å². The van der Waals surface area contributed by atoms with Gasteiger partial charge in [0.2, 0.25) is 0 Å². The van der Waals surface area contributed by atoms with Crippen LogP contribution in [0.15, 0.2) is 24.3 Å². The Hall–Kier alpha value is -0.795. The van der Waals surface area contributed by atoms with Crippen LogP contribution in [-0.2, 0) is 9.61 Å². The van der Waals surface area contributed by atoms with Crippen LogP contribution in [0.3, 0.4) is 0 Å². The van der Waals surface area contributed by atoms with Gasteiger partial charge in [-0.3, -0.25) is 9.61 Å². The minimum absolute atomic E-state index is 0.0967. The average Bonchev–Trinajstić information content (AvgIpc) is 2.71. The SMILES string of the molecule is Cc1ccc(B2OO2)cc1. The van der Waals surface area contributed by atoms with Crippen LogP contribution < -0.4 is 5.46 Å². The third-order valence-electron chi connectivity index (χ3n) is 1.54. The summed E-state index contributed by atoms with van der Waals surface area (Å²) in [6.45, 7) is 2.05. The van der Waals surface area contributed by atoms with Gasteiger partial charge < -0.3 is 0 Å². The molecule has 1 aromatic carbocycles. The second-order valence-electron chi connectivity index (χ2n) is 2.44. The van der Waals surface area contributed by atoms with E-state index in [1.165, 1.54) is 5.56 Å². The lowest BCUT2D eigenvalue weighted by atomic mass is 9.82. The third kappa shape index (κ3) is 1.06. The highest BCUT2D eigenvalue weighted by Crippen LogP contribution is 2.06. The summed E-state index contributed by atoms with van der Waals surface area (Å²) in [6, 6.07) is 8.10. The Kier molecular flexibility index (Phi) is 1.26. The van der Waals surface area contributed by atoms with Gasteiger partial charge in [0.15, 0.2) is 0 Å². The maximum atomic E-state index is 4.63. The van der Waals surface area contributed by atoms with Gasteiger partial charge in [0.25, 0.3) is 0 Å². The van der Waals surface area contributed by atoms with Crippen molar-refractivity contribution < 1.29 is 9.61 Å². The van der Waals surface area contributed by atoms with Crippen molar-refractivity contribution in [2.75, 3.05) is 0 Å². The molecule has 0 aliphatic carbocycles. The van der Waals surface area contributed by atoms with Crippen molar-refractivity contribution in [3.63, 3.8) is 0 Å². The molecular formula is C7H7BO2. The summed E-state index contributed by atoms with van der Waals surface area (Å²) in [6.07, 6.45) is 0. The largest absolute Gasteiger partial charge is 0.550 e. The standard InChI is InChI=1S/C7H7BO2/c1-6-2-4-7(5-3-6)8-9-10-8/h2-5H,1H3. The quantitative estimate of drug-likeness (QED) is 0.320. The van der Waals surface area contributed by atoms with E-state index in [4.69, 9.17) is 0 Å². The predicted octanol–water partition coefficient (Wildman–Crippen LogP) is 0.652. The van der Waals surface area contributed by atoms with Crippen molar-refractivity contribution in [1.82, 2.24) is 0 Å². The van der Waals surface area contributed by atoms with Gasteiger partial charge >= 0.3 is 7.12 Å². The Morgan fingerprint density at radius 2 is 1.70 bits per heavy atom. The minimum Gasteiger partial charge on any atom is -0.267 e. The van der Waals surface area contributed by atoms with Crippen LogP contribution in [0.2, 0.25) is 0 Å². The molecular weight excluding hydrogens is 127 g/mol. The molecule has 10 heavy (non-hydrogen) atoms. The molecule has 3 heteroatoms. The Morgan fingerprint density at radius 1 is 1.10 bits per heavy atom. The van der Waals surface area contributed by atoms with Gasteiger partial charge in [-0.2, -0.15) is 0 Å². The van der Waals surface area contributed by atoms with Crippen LogP contribution in [0.4, 0.5) is 0 Å². The summed E-state index contributed by atoms with van der Waals surface area (Å²) in [5.41, 5.74) is 2.34. The minimum atomic E-state index is -0.0967. The molecule has 2 nitrogen and oxygen atoms in total. The number of hydrogen-bond acceptors (Lipinski definition) is 2. The molecule has 0 unspecified atom stereocenters. The van der Waals surface area contributed by atoms with E-state index < -0.39 is 0 Å². The van der Waals surface area contributed by atoms with E-state index in [1.807, 2.05) is 24.3 Å². The van der Waals surface area contributed by atoms with Gasteiger partial charge in [0, 0.05) is 0 Å². The molecule has 0 spiro atoms. The van der Waals surface area contributed by atoms with Crippen molar-refractivity contribution >= 4 is 12.6 Å². The molecule has 1 aliphatic heterocycles. The van der Waals surface area contributed by atoms with Gasteiger partial charge in [0.05, 0.1) is 0 Å². The first kappa shape index (κ1) is 5.95. The average molecular weight is 134 g/mol. The van der Waals surface area contributed by atoms with E-state index in [9.17, 15) is 0 Å². The first-order valence-electron chi connectivity index (χ1n) is 3.25. The van der Waals surface area contributed by atoms with Gasteiger partial charge in [0.1, 0.15) is 0 Å². The van der Waals surface area contributed by atoms with Crippen LogP contribution >= 0.6 is 0 Å². The zero-order valence-corrected chi connectivity index (χ0v) is 5.70. The van der Waals surface area contributed by atoms with Crippen molar-refractivity contribution in [2.24, 2.45) is 0 Å². The van der Waals surface area contributed by atoms with Gasteiger partial charge in [-0.15, -0.1) is 0 Å². The lowest BCUT2D eigenvalue weighted by Gasteiger charge is -1.90. The van der Waals surface area contributed by atoms with E-state index in [1.54, 1.807) is 0 Å². The van der Waals surface area contributed by atoms with Crippen LogP contribution in [0.5, 0.6) is 0 Å². The van der Waals surface area contributed by atoms with E-state index in [0.29, 0.717) is 0 Å². The zero-order chi connectivity index (χ0) is 6.97. The molecule has 1 aromatic rings. The maximum absolute atomic E-state index is 4.63. The molecule has 0 radical (unpaired) electrons. The molecule has 2 rings (SSSR count). The summed E-state index contributed by atoms with van der Waals surface area (Å²) in [5.74, 6) is 0. The highest BCUT2D eigenvalue weighted by Gasteiger charge is 2.36. The van der Waals surface area contributed by atoms with Gasteiger partial charge in [-0.25, -0.2) is 0 Å². The molecule has 1 fully saturated rings. The highest BCUT2D eigenvalue weighted by molar-refractivity contribution is 6.65. The summed E-state index contributed by atoms with van der Waals surface area (Å²) >= 11 is 0. The first-order chi connectivity index (χ1) is 4.86. The van der Waals surface area contributed by atoms with E-state index in [-0.39, 0.29) is 7.12 Å². The molecule has 50 valence electrons. The Morgan fingerprint density at radius 3 is 2.20 bits per heavy atom. The zero-order valence-electron chi connectivity index (χ0n) is 5.70. The number of rotatable bonds is 1. The Bertz CT molecular complexity index is 228. The number of benzene rings is 1. The molecule has 0 atom stereocenters. The molecule has 0 aromatic heterocycles. The number of aryl methyl sites for hydroxylation is 1. The van der Waals surface area contributed by atoms with E-state index >= 15 is 0 Å². The van der Waals surface area contributed by atoms with Gasteiger partial charge in [-0.05, 0) is 12.4 Å². The predicted molar refractivity (Wildman–Crippen MR) is 38.7 cm³/mol. The molecule has 1 heterocycles. The fraction of sp³-hybridized carbons (Fsp3) is 0.143. The monoisotopic (exact) mass is 134 g/mol. The Balaban J connectivity index is 2.28. The molecule has 0 saturated carbocycles. The second-order valence-corrected chi connectivity index (χ2v) is 2.44. The summed E-state index contributed by atoms with van der Waals surface area (Å²) in [5, 5.41) is 0. The lowest BCUT2D eigenvalue weighted by molar-refractivity contribution is 0.0850. The molecule has 1 aliphatic rings. The summed E-state index contributed by atoms with van der Waals surface area (Å²) in [4.78, 5) is 9.27. The normalized spacial score (nSPS) is 15.5. The lowest BCUT2D eigenvalue weighted by Crippen LogP contribution is -2.15. The fourth-order valence-corrected chi connectivity index (χ4v) is 0.862. The van der Waals surface area contributed by atoms with Crippen molar-refractivity contribution in [2.45, 2.75) is 6.92 Å². The van der Waals surface area contributed by atoms with Crippen molar-refractivity contribution in [3.8, 4) is 0 Å². The van der Waals surface area contributed by atoms with Crippen LogP contribution in [0.25, 0.3) is 0 Å². The molecule has 1 saturated heterocycles. The summed E-state index contributed by atoms with van der Waals surface area (Å²) in [7, 11) is -0.0967. The Labute approximate surface area is 59.8 Å². The third-order valence-corrected chi connectivity index (χ3v) is 1.54. The summed E-state index contributed by atoms with van der Waals surface area (Å²) < 4.78 is 0.